The molecule has 0 aliphatic carbocycles. The van der Waals surface area contributed by atoms with Crippen LogP contribution in [0.5, 0.6) is 5.75 Å². The van der Waals surface area contributed by atoms with E-state index in [-0.39, 0.29) is 28.6 Å². The number of ether oxygens (including phenoxy) is 1. The van der Waals surface area contributed by atoms with Crippen molar-refractivity contribution in [3.63, 3.8) is 0 Å². The molecular weight excluding hydrogens is 512 g/mol. The van der Waals surface area contributed by atoms with Gasteiger partial charge in [0, 0.05) is 29.3 Å². The predicted molar refractivity (Wildman–Crippen MR) is 126 cm³/mol. The zero-order chi connectivity index (χ0) is 26.2. The third-order valence-electron chi connectivity index (χ3n) is 5.92. The monoisotopic (exact) mass is 530 g/mol. The van der Waals surface area contributed by atoms with E-state index in [1.165, 1.54) is 42.9 Å². The lowest BCUT2D eigenvalue weighted by Gasteiger charge is -2.28. The van der Waals surface area contributed by atoms with E-state index in [0.29, 0.717) is 23.3 Å². The minimum atomic E-state index is -4.58. The summed E-state index contributed by atoms with van der Waals surface area (Å²) in [4.78, 5) is 11.5. The molecule has 2 aromatic carbocycles. The molecule has 1 aliphatic heterocycles. The molecule has 12 heteroatoms. The summed E-state index contributed by atoms with van der Waals surface area (Å²) >= 11 is 0. The van der Waals surface area contributed by atoms with E-state index in [1.807, 2.05) is 0 Å². The number of nitrogens with zero attached hydrogens (tertiary/aromatic N) is 3. The Balaban J connectivity index is 1.56. The van der Waals surface area contributed by atoms with Gasteiger partial charge in [0.1, 0.15) is 23.7 Å². The van der Waals surface area contributed by atoms with Gasteiger partial charge >= 0.3 is 6.18 Å². The Kier molecular flexibility index (Phi) is 6.28. The lowest BCUT2D eigenvalue weighted by atomic mass is 9.83. The van der Waals surface area contributed by atoms with Crippen molar-refractivity contribution < 1.29 is 30.7 Å². The predicted octanol–water partition coefficient (Wildman–Crippen LogP) is 5.41. The first-order chi connectivity index (χ1) is 17.6. The van der Waals surface area contributed by atoms with Crippen LogP contribution in [0, 0.1) is 5.82 Å². The molecule has 0 saturated heterocycles. The molecule has 0 saturated carbocycles. The Morgan fingerprint density at radius 3 is 2.49 bits per heavy atom. The summed E-state index contributed by atoms with van der Waals surface area (Å²) in [6, 6.07) is 11.6. The van der Waals surface area contributed by atoms with Crippen LogP contribution >= 0.6 is 0 Å². The summed E-state index contributed by atoms with van der Waals surface area (Å²) < 4.78 is 87.8. The number of anilines is 1. The first-order valence-corrected chi connectivity index (χ1v) is 12.5. The molecule has 5 rings (SSSR count). The van der Waals surface area contributed by atoms with E-state index in [1.54, 1.807) is 6.07 Å². The minimum Gasteiger partial charge on any atom is -0.493 e. The number of nitrogens with one attached hydrogen (secondary N) is 1. The van der Waals surface area contributed by atoms with Gasteiger partial charge in [0.15, 0.2) is 0 Å². The van der Waals surface area contributed by atoms with Crippen LogP contribution in [-0.2, 0) is 16.2 Å². The normalized spacial score (nSPS) is 15.5. The molecule has 0 unspecified atom stereocenters. The summed E-state index contributed by atoms with van der Waals surface area (Å²) in [5, 5.41) is 0. The minimum absolute atomic E-state index is 0.0710. The molecule has 7 nitrogen and oxygen atoms in total. The second-order valence-electron chi connectivity index (χ2n) is 8.25. The molecule has 0 fully saturated rings. The number of rotatable bonds is 5. The molecule has 2 aromatic heterocycles. The van der Waals surface area contributed by atoms with Gasteiger partial charge < -0.3 is 4.74 Å². The fourth-order valence-corrected chi connectivity index (χ4v) is 5.22. The highest BCUT2D eigenvalue weighted by Gasteiger charge is 2.33. The van der Waals surface area contributed by atoms with Gasteiger partial charge in [-0.1, -0.05) is 12.1 Å². The summed E-state index contributed by atoms with van der Waals surface area (Å²) in [7, 11) is -4.00. The first kappa shape index (κ1) is 24.6. The van der Waals surface area contributed by atoms with E-state index in [9.17, 15) is 26.0 Å². The second kappa shape index (κ2) is 9.43. The molecule has 0 radical (unpaired) electrons. The highest BCUT2D eigenvalue weighted by Crippen LogP contribution is 2.44. The quantitative estimate of drug-likeness (QED) is 0.347. The fourth-order valence-electron chi connectivity index (χ4n) is 4.20. The number of pyridine rings is 1. The Morgan fingerprint density at radius 1 is 0.973 bits per heavy atom. The number of hydrogen-bond donors (Lipinski definition) is 1. The molecule has 1 aliphatic rings. The van der Waals surface area contributed by atoms with Crippen LogP contribution in [0.4, 0.5) is 23.4 Å². The van der Waals surface area contributed by atoms with E-state index in [4.69, 9.17) is 4.74 Å². The van der Waals surface area contributed by atoms with Crippen LogP contribution in [0.25, 0.3) is 11.3 Å². The van der Waals surface area contributed by atoms with E-state index in [0.717, 1.165) is 24.4 Å². The van der Waals surface area contributed by atoms with Gasteiger partial charge in [0.05, 0.1) is 29.0 Å². The fraction of sp³-hybridized carbons (Fsp3) is 0.160. The average Bonchev–Trinajstić information content (AvgIpc) is 2.88. The van der Waals surface area contributed by atoms with Gasteiger partial charge in [-0.2, -0.15) is 13.2 Å². The van der Waals surface area contributed by atoms with Gasteiger partial charge in [-0.05, 0) is 48.4 Å². The SMILES string of the molecule is O=S(=O)(Nc1ccncn1)c1ccc2c(c1)OCC[C@@H]2c1ccc(C(F)(F)F)cc1-c1ccc(F)cn1. The topological polar surface area (TPSA) is 94.1 Å². The number of hydrogen-bond acceptors (Lipinski definition) is 6. The third kappa shape index (κ3) is 5.10. The second-order valence-corrected chi connectivity index (χ2v) is 9.93. The number of benzene rings is 2. The third-order valence-corrected chi connectivity index (χ3v) is 7.27. The molecule has 1 atom stereocenters. The molecule has 0 bridgehead atoms. The van der Waals surface area contributed by atoms with Crippen molar-refractivity contribution in [3.8, 4) is 17.0 Å². The summed E-state index contributed by atoms with van der Waals surface area (Å²) in [6.45, 7) is 0.206. The molecule has 3 heterocycles. The Labute approximate surface area is 209 Å². The lowest BCUT2D eigenvalue weighted by molar-refractivity contribution is -0.137. The van der Waals surface area contributed by atoms with Gasteiger partial charge in [0.25, 0.3) is 10.0 Å². The maximum Gasteiger partial charge on any atom is 0.416 e. The number of fused-ring (bicyclic) bond motifs is 1. The summed E-state index contributed by atoms with van der Waals surface area (Å²) in [5.41, 5.74) is 0.669. The number of halogens is 4. The van der Waals surface area contributed by atoms with Crippen LogP contribution in [0.15, 0.2) is 78.2 Å². The zero-order valence-electron chi connectivity index (χ0n) is 18.9. The highest BCUT2D eigenvalue weighted by atomic mass is 32.2. The number of alkyl halides is 3. The van der Waals surface area contributed by atoms with Crippen LogP contribution in [0.3, 0.4) is 0 Å². The van der Waals surface area contributed by atoms with E-state index in [2.05, 4.69) is 19.7 Å². The van der Waals surface area contributed by atoms with Crippen molar-refractivity contribution in [2.45, 2.75) is 23.4 Å². The standard InChI is InChI=1S/C25H18F4N4O3S/c26-16-2-6-22(31-13-16)21-11-15(25(27,28)29)1-4-18(21)19-8-10-36-23-12-17(3-5-20(19)23)37(34,35)33-24-7-9-30-14-32-24/h1-7,9,11-14,19H,8,10H2,(H,30,32,33)/t19-/m1/s1. The molecule has 190 valence electrons. The molecule has 0 spiro atoms. The van der Waals surface area contributed by atoms with E-state index >= 15 is 0 Å². The number of sulfonamides is 1. The maximum absolute atomic E-state index is 13.5. The van der Waals surface area contributed by atoms with Crippen molar-refractivity contribution in [1.29, 1.82) is 0 Å². The Morgan fingerprint density at radius 2 is 1.78 bits per heavy atom. The number of aromatic nitrogens is 3. The molecule has 0 amide bonds. The van der Waals surface area contributed by atoms with Gasteiger partial charge in [-0.3, -0.25) is 9.71 Å². The highest BCUT2D eigenvalue weighted by molar-refractivity contribution is 7.92. The van der Waals surface area contributed by atoms with Crippen LogP contribution in [0.2, 0.25) is 0 Å². The lowest BCUT2D eigenvalue weighted by Crippen LogP contribution is -2.19. The Hall–Kier alpha value is -4.06. The molecule has 1 N–H and O–H groups in total. The van der Waals surface area contributed by atoms with Crippen molar-refractivity contribution in [3.05, 3.63) is 95.8 Å². The summed E-state index contributed by atoms with van der Waals surface area (Å²) in [5.74, 6) is -0.648. The summed E-state index contributed by atoms with van der Waals surface area (Å²) in [6.07, 6.45) is -0.614. The smallest absolute Gasteiger partial charge is 0.416 e. The van der Waals surface area contributed by atoms with Crippen LogP contribution in [-0.4, -0.2) is 30.0 Å². The van der Waals surface area contributed by atoms with Gasteiger partial charge in [-0.25, -0.2) is 22.8 Å². The average molecular weight is 531 g/mol. The zero-order valence-corrected chi connectivity index (χ0v) is 19.7. The maximum atomic E-state index is 13.5. The molecular formula is C25H18F4N4O3S. The van der Waals surface area contributed by atoms with Crippen molar-refractivity contribution >= 4 is 15.8 Å². The van der Waals surface area contributed by atoms with Crippen LogP contribution in [0.1, 0.15) is 29.0 Å². The first-order valence-electron chi connectivity index (χ1n) is 11.0. The van der Waals surface area contributed by atoms with Crippen LogP contribution < -0.4 is 9.46 Å². The van der Waals surface area contributed by atoms with Gasteiger partial charge in [-0.15, -0.1) is 0 Å². The largest absolute Gasteiger partial charge is 0.493 e. The van der Waals surface area contributed by atoms with Crippen molar-refractivity contribution in [2.75, 3.05) is 11.3 Å². The van der Waals surface area contributed by atoms with Gasteiger partial charge in [0.2, 0.25) is 0 Å². The molecule has 4 aromatic rings. The van der Waals surface area contributed by atoms with E-state index < -0.39 is 33.5 Å². The Bertz CT molecular complexity index is 1550. The van der Waals surface area contributed by atoms with Crippen molar-refractivity contribution in [2.24, 2.45) is 0 Å². The molecule has 37 heavy (non-hydrogen) atoms. The van der Waals surface area contributed by atoms with Crippen molar-refractivity contribution in [1.82, 2.24) is 15.0 Å².